The summed E-state index contributed by atoms with van der Waals surface area (Å²) in [5.41, 5.74) is 0.367. The Labute approximate surface area is 123 Å². The summed E-state index contributed by atoms with van der Waals surface area (Å²) in [7, 11) is 0. The number of aliphatic hydroxyl groups excluding tert-OH is 2. The molecule has 0 aliphatic heterocycles. The SMILES string of the molecule is CC(=O)SCCC(O)C(O)c1cc(Br)cnc1Cl. The van der Waals surface area contributed by atoms with Gasteiger partial charge in [0.05, 0.1) is 6.10 Å². The third-order valence-electron chi connectivity index (χ3n) is 2.23. The molecule has 0 radical (unpaired) electrons. The summed E-state index contributed by atoms with van der Waals surface area (Å²) in [6.07, 6.45) is -0.286. The summed E-state index contributed by atoms with van der Waals surface area (Å²) >= 11 is 10.2. The zero-order valence-electron chi connectivity index (χ0n) is 9.64. The highest BCUT2D eigenvalue weighted by molar-refractivity contribution is 9.10. The average Bonchev–Trinajstić information content (AvgIpc) is 2.30. The third-order valence-corrected chi connectivity index (χ3v) is 3.83. The van der Waals surface area contributed by atoms with Gasteiger partial charge in [-0.2, -0.15) is 0 Å². The lowest BCUT2D eigenvalue weighted by Crippen LogP contribution is -2.19. The van der Waals surface area contributed by atoms with Crippen LogP contribution in [0.1, 0.15) is 25.0 Å². The van der Waals surface area contributed by atoms with E-state index in [1.54, 1.807) is 6.07 Å². The molecule has 0 aliphatic carbocycles. The van der Waals surface area contributed by atoms with Gasteiger partial charge in [-0.25, -0.2) is 4.98 Å². The normalized spacial score (nSPS) is 14.3. The number of rotatable bonds is 5. The Morgan fingerprint density at radius 2 is 2.28 bits per heavy atom. The Morgan fingerprint density at radius 1 is 1.61 bits per heavy atom. The van der Waals surface area contributed by atoms with Gasteiger partial charge in [0.15, 0.2) is 5.12 Å². The number of aliphatic hydroxyl groups is 2. The zero-order chi connectivity index (χ0) is 13.7. The summed E-state index contributed by atoms with van der Waals surface area (Å²) in [4.78, 5) is 14.6. The van der Waals surface area contributed by atoms with E-state index in [4.69, 9.17) is 11.6 Å². The van der Waals surface area contributed by atoms with Crippen molar-refractivity contribution in [2.75, 3.05) is 5.75 Å². The molecular weight excluding hydrogens is 342 g/mol. The molecule has 1 rings (SSSR count). The van der Waals surface area contributed by atoms with Crippen LogP contribution in [0, 0.1) is 0 Å². The maximum Gasteiger partial charge on any atom is 0.185 e. The van der Waals surface area contributed by atoms with Gasteiger partial charge < -0.3 is 10.2 Å². The van der Waals surface area contributed by atoms with Crippen molar-refractivity contribution in [2.24, 2.45) is 0 Å². The van der Waals surface area contributed by atoms with Gasteiger partial charge in [0.1, 0.15) is 11.3 Å². The first-order valence-electron chi connectivity index (χ1n) is 5.22. The molecular formula is C11H13BrClNO3S. The molecule has 7 heteroatoms. The molecule has 0 aliphatic rings. The van der Waals surface area contributed by atoms with Gasteiger partial charge in [-0.05, 0) is 28.4 Å². The molecule has 0 amide bonds. The van der Waals surface area contributed by atoms with Crippen LogP contribution in [0.5, 0.6) is 0 Å². The van der Waals surface area contributed by atoms with Crippen LogP contribution in [-0.2, 0) is 4.79 Å². The fourth-order valence-corrected chi connectivity index (χ4v) is 2.55. The van der Waals surface area contributed by atoms with Crippen LogP contribution in [0.25, 0.3) is 0 Å². The number of hydrogen-bond acceptors (Lipinski definition) is 5. The maximum absolute atomic E-state index is 10.7. The van der Waals surface area contributed by atoms with Crippen molar-refractivity contribution in [3.05, 3.63) is 27.5 Å². The summed E-state index contributed by atoms with van der Waals surface area (Å²) in [6, 6.07) is 1.61. The molecule has 2 atom stereocenters. The number of carbonyl (C=O) groups excluding carboxylic acids is 1. The number of aromatic nitrogens is 1. The van der Waals surface area contributed by atoms with E-state index >= 15 is 0 Å². The van der Waals surface area contributed by atoms with Crippen LogP contribution in [-0.4, -0.2) is 32.2 Å². The lowest BCUT2D eigenvalue weighted by molar-refractivity contribution is -0.109. The Balaban J connectivity index is 2.64. The number of thioether (sulfide) groups is 1. The Morgan fingerprint density at radius 3 is 2.89 bits per heavy atom. The number of carbonyl (C=O) groups is 1. The first-order chi connectivity index (χ1) is 8.41. The van der Waals surface area contributed by atoms with E-state index in [9.17, 15) is 15.0 Å². The van der Waals surface area contributed by atoms with E-state index in [2.05, 4.69) is 20.9 Å². The van der Waals surface area contributed by atoms with Crippen molar-refractivity contribution in [3.63, 3.8) is 0 Å². The largest absolute Gasteiger partial charge is 0.390 e. The van der Waals surface area contributed by atoms with Gasteiger partial charge in [0.2, 0.25) is 0 Å². The van der Waals surface area contributed by atoms with Crippen molar-refractivity contribution in [2.45, 2.75) is 25.6 Å². The van der Waals surface area contributed by atoms with E-state index in [1.807, 2.05) is 0 Å². The third kappa shape index (κ3) is 4.85. The van der Waals surface area contributed by atoms with Crippen LogP contribution in [0.15, 0.2) is 16.7 Å². The quantitative estimate of drug-likeness (QED) is 0.795. The minimum atomic E-state index is -1.12. The van der Waals surface area contributed by atoms with Gasteiger partial charge in [-0.1, -0.05) is 23.4 Å². The van der Waals surface area contributed by atoms with E-state index in [0.29, 0.717) is 22.2 Å². The number of hydrogen-bond donors (Lipinski definition) is 2. The van der Waals surface area contributed by atoms with Crippen LogP contribution >= 0.6 is 39.3 Å². The first kappa shape index (κ1) is 15.9. The lowest BCUT2D eigenvalue weighted by atomic mass is 10.0. The molecule has 1 aromatic rings. The second-order valence-electron chi connectivity index (χ2n) is 3.67. The van der Waals surface area contributed by atoms with Crippen LogP contribution in [0.3, 0.4) is 0 Å². The van der Waals surface area contributed by atoms with Gasteiger partial charge in [-0.15, -0.1) is 0 Å². The second kappa shape index (κ2) is 7.45. The molecule has 100 valence electrons. The Hall–Kier alpha value is -0.140. The monoisotopic (exact) mass is 353 g/mol. The van der Waals surface area contributed by atoms with Crippen LogP contribution < -0.4 is 0 Å². The lowest BCUT2D eigenvalue weighted by Gasteiger charge is -2.18. The van der Waals surface area contributed by atoms with Crippen molar-refractivity contribution < 1.29 is 15.0 Å². The fraction of sp³-hybridized carbons (Fsp3) is 0.455. The highest BCUT2D eigenvalue weighted by Gasteiger charge is 2.21. The van der Waals surface area contributed by atoms with E-state index in [1.165, 1.54) is 13.1 Å². The molecule has 1 heterocycles. The summed E-state index contributed by atoms with van der Waals surface area (Å²) < 4.78 is 0.672. The molecule has 0 aromatic carbocycles. The second-order valence-corrected chi connectivity index (χ2v) is 6.22. The summed E-state index contributed by atoms with van der Waals surface area (Å²) in [5.74, 6) is 0.451. The predicted molar refractivity (Wildman–Crippen MR) is 75.7 cm³/mol. The fourth-order valence-electron chi connectivity index (χ4n) is 1.33. The van der Waals surface area contributed by atoms with E-state index in [0.717, 1.165) is 11.8 Å². The molecule has 4 nitrogen and oxygen atoms in total. The van der Waals surface area contributed by atoms with Gasteiger partial charge in [0, 0.05) is 28.9 Å². The van der Waals surface area contributed by atoms with Crippen LogP contribution in [0.2, 0.25) is 5.15 Å². The molecule has 0 bridgehead atoms. The minimum Gasteiger partial charge on any atom is -0.390 e. The van der Waals surface area contributed by atoms with Crippen LogP contribution in [0.4, 0.5) is 0 Å². The van der Waals surface area contributed by atoms with Gasteiger partial charge in [0.25, 0.3) is 0 Å². The van der Waals surface area contributed by atoms with Crippen molar-refractivity contribution in [1.82, 2.24) is 4.98 Å². The first-order valence-corrected chi connectivity index (χ1v) is 7.38. The van der Waals surface area contributed by atoms with Gasteiger partial charge >= 0.3 is 0 Å². The molecule has 2 unspecified atom stereocenters. The maximum atomic E-state index is 10.7. The van der Waals surface area contributed by atoms with Crippen molar-refractivity contribution in [3.8, 4) is 0 Å². The topological polar surface area (TPSA) is 70.4 Å². The Kier molecular flexibility index (Phi) is 6.59. The molecule has 0 fully saturated rings. The molecule has 0 saturated carbocycles. The Bertz CT molecular complexity index is 433. The minimum absolute atomic E-state index is 0.0150. The number of pyridine rings is 1. The van der Waals surface area contributed by atoms with Gasteiger partial charge in [-0.3, -0.25) is 4.79 Å². The standard InChI is InChI=1S/C11H13BrClNO3S/c1-6(15)18-3-2-9(16)10(17)8-4-7(12)5-14-11(8)13/h4-5,9-10,16-17H,2-3H2,1H3. The smallest absolute Gasteiger partial charge is 0.185 e. The molecule has 0 saturated heterocycles. The number of halogens is 2. The summed E-state index contributed by atoms with van der Waals surface area (Å²) in [5, 5.41) is 19.9. The van der Waals surface area contributed by atoms with Crippen molar-refractivity contribution in [1.29, 1.82) is 0 Å². The zero-order valence-corrected chi connectivity index (χ0v) is 12.8. The van der Waals surface area contributed by atoms with Crippen molar-refractivity contribution >= 4 is 44.4 Å². The molecule has 18 heavy (non-hydrogen) atoms. The highest BCUT2D eigenvalue weighted by atomic mass is 79.9. The molecule has 0 spiro atoms. The molecule has 1 aromatic heterocycles. The average molecular weight is 355 g/mol. The van der Waals surface area contributed by atoms with E-state index in [-0.39, 0.29) is 10.3 Å². The number of nitrogens with zero attached hydrogens (tertiary/aromatic N) is 1. The highest BCUT2D eigenvalue weighted by Crippen LogP contribution is 2.28. The predicted octanol–water partition coefficient (Wildman–Crippen LogP) is 2.56. The molecule has 2 N–H and O–H groups in total. The summed E-state index contributed by atoms with van der Waals surface area (Å²) in [6.45, 7) is 1.46. The van der Waals surface area contributed by atoms with E-state index < -0.39 is 12.2 Å².